The summed E-state index contributed by atoms with van der Waals surface area (Å²) in [7, 11) is 1.57. The standard InChI is InChI=1S/C18H22N4O2/c1-13-6-5-9-22(12-13)17-11-19-15(10-20-17)18(23)21-14-7-3-4-8-16(14)24-2/h3-4,7-8,10-11,13H,5-6,9,12H2,1-2H3,(H,21,23). The number of carbonyl (C=O) groups excluding carboxylic acids is 1. The summed E-state index contributed by atoms with van der Waals surface area (Å²) in [6, 6.07) is 7.27. The Morgan fingerprint density at radius 3 is 2.83 bits per heavy atom. The molecule has 0 spiro atoms. The van der Waals surface area contributed by atoms with Crippen molar-refractivity contribution in [2.45, 2.75) is 19.8 Å². The van der Waals surface area contributed by atoms with Gasteiger partial charge in [0, 0.05) is 13.1 Å². The minimum atomic E-state index is -0.300. The van der Waals surface area contributed by atoms with E-state index in [1.807, 2.05) is 12.1 Å². The lowest BCUT2D eigenvalue weighted by molar-refractivity contribution is 0.102. The maximum absolute atomic E-state index is 12.3. The lowest BCUT2D eigenvalue weighted by atomic mass is 10.0. The Morgan fingerprint density at radius 2 is 2.12 bits per heavy atom. The highest BCUT2D eigenvalue weighted by atomic mass is 16.5. The molecule has 1 amide bonds. The average Bonchev–Trinajstić information content (AvgIpc) is 2.62. The summed E-state index contributed by atoms with van der Waals surface area (Å²) in [6.07, 6.45) is 5.62. The molecule has 6 heteroatoms. The van der Waals surface area contributed by atoms with Gasteiger partial charge in [0.1, 0.15) is 17.3 Å². The monoisotopic (exact) mass is 326 g/mol. The van der Waals surface area contributed by atoms with Crippen molar-refractivity contribution < 1.29 is 9.53 Å². The molecule has 24 heavy (non-hydrogen) atoms. The van der Waals surface area contributed by atoms with Crippen LogP contribution in [0.1, 0.15) is 30.3 Å². The smallest absolute Gasteiger partial charge is 0.275 e. The zero-order valence-corrected chi connectivity index (χ0v) is 14.0. The van der Waals surface area contributed by atoms with Crippen molar-refractivity contribution in [1.82, 2.24) is 9.97 Å². The van der Waals surface area contributed by atoms with Gasteiger partial charge in [-0.05, 0) is 30.9 Å². The Morgan fingerprint density at radius 1 is 1.29 bits per heavy atom. The number of carbonyl (C=O) groups is 1. The second-order valence-corrected chi connectivity index (χ2v) is 6.11. The first-order valence-corrected chi connectivity index (χ1v) is 8.18. The Labute approximate surface area is 141 Å². The number of ether oxygens (including phenoxy) is 1. The van der Waals surface area contributed by atoms with Crippen LogP contribution in [0.15, 0.2) is 36.7 Å². The van der Waals surface area contributed by atoms with Crippen LogP contribution < -0.4 is 15.0 Å². The van der Waals surface area contributed by atoms with Gasteiger partial charge in [0.15, 0.2) is 0 Å². The number of rotatable bonds is 4. The second kappa shape index (κ2) is 7.29. The molecule has 1 atom stereocenters. The van der Waals surface area contributed by atoms with E-state index in [1.165, 1.54) is 19.0 Å². The van der Waals surface area contributed by atoms with Gasteiger partial charge in [-0.15, -0.1) is 0 Å². The molecule has 0 bridgehead atoms. The van der Waals surface area contributed by atoms with Crippen LogP contribution in [0.4, 0.5) is 11.5 Å². The normalized spacial score (nSPS) is 17.4. The molecular weight excluding hydrogens is 304 g/mol. The average molecular weight is 326 g/mol. The minimum absolute atomic E-state index is 0.287. The van der Waals surface area contributed by atoms with Crippen LogP contribution in [-0.2, 0) is 0 Å². The summed E-state index contributed by atoms with van der Waals surface area (Å²) < 4.78 is 5.23. The van der Waals surface area contributed by atoms with Crippen molar-refractivity contribution in [3.05, 3.63) is 42.4 Å². The maximum atomic E-state index is 12.3. The molecular formula is C18H22N4O2. The molecule has 1 unspecified atom stereocenters. The second-order valence-electron chi connectivity index (χ2n) is 6.11. The van der Waals surface area contributed by atoms with E-state index >= 15 is 0 Å². The molecule has 1 aliphatic rings. The SMILES string of the molecule is COc1ccccc1NC(=O)c1cnc(N2CCCC(C)C2)cn1. The van der Waals surface area contributed by atoms with Gasteiger partial charge in [0.05, 0.1) is 25.2 Å². The molecule has 1 aliphatic heterocycles. The molecule has 3 rings (SSSR count). The van der Waals surface area contributed by atoms with Gasteiger partial charge in [-0.3, -0.25) is 4.79 Å². The van der Waals surface area contributed by atoms with E-state index in [0.29, 0.717) is 17.4 Å². The largest absolute Gasteiger partial charge is 0.495 e. The van der Waals surface area contributed by atoms with Crippen LogP contribution >= 0.6 is 0 Å². The first kappa shape index (κ1) is 16.2. The predicted molar refractivity (Wildman–Crippen MR) is 93.6 cm³/mol. The number of para-hydroxylation sites is 2. The van der Waals surface area contributed by atoms with Crippen LogP contribution in [0, 0.1) is 5.92 Å². The van der Waals surface area contributed by atoms with E-state index < -0.39 is 0 Å². The van der Waals surface area contributed by atoms with Crippen LogP contribution in [0.25, 0.3) is 0 Å². The third kappa shape index (κ3) is 3.64. The van der Waals surface area contributed by atoms with Crippen molar-refractivity contribution in [3.8, 4) is 5.75 Å². The zero-order valence-electron chi connectivity index (χ0n) is 14.0. The molecule has 1 aromatic carbocycles. The molecule has 1 aromatic heterocycles. The number of hydrogen-bond acceptors (Lipinski definition) is 5. The fraction of sp³-hybridized carbons (Fsp3) is 0.389. The maximum Gasteiger partial charge on any atom is 0.275 e. The number of methoxy groups -OCH3 is 1. The highest BCUT2D eigenvalue weighted by Gasteiger charge is 2.18. The van der Waals surface area contributed by atoms with Gasteiger partial charge in [0.25, 0.3) is 5.91 Å². The molecule has 2 heterocycles. The van der Waals surface area contributed by atoms with Crippen molar-refractivity contribution >= 4 is 17.4 Å². The molecule has 0 aliphatic carbocycles. The minimum Gasteiger partial charge on any atom is -0.495 e. The van der Waals surface area contributed by atoms with Crippen LogP contribution in [0.5, 0.6) is 5.75 Å². The van der Waals surface area contributed by atoms with E-state index in [9.17, 15) is 4.79 Å². The van der Waals surface area contributed by atoms with E-state index in [0.717, 1.165) is 18.9 Å². The number of anilines is 2. The van der Waals surface area contributed by atoms with Crippen LogP contribution in [-0.4, -0.2) is 36.1 Å². The predicted octanol–water partition coefficient (Wildman–Crippen LogP) is 2.97. The topological polar surface area (TPSA) is 67.3 Å². The van der Waals surface area contributed by atoms with E-state index in [1.54, 1.807) is 25.4 Å². The molecule has 126 valence electrons. The third-order valence-corrected chi connectivity index (χ3v) is 4.21. The number of nitrogens with one attached hydrogen (secondary N) is 1. The lowest BCUT2D eigenvalue weighted by Gasteiger charge is -2.31. The number of nitrogens with zero attached hydrogens (tertiary/aromatic N) is 3. The Bertz CT molecular complexity index is 702. The van der Waals surface area contributed by atoms with Gasteiger partial charge in [-0.25, -0.2) is 9.97 Å². The molecule has 1 fully saturated rings. The van der Waals surface area contributed by atoms with Gasteiger partial charge in [0.2, 0.25) is 0 Å². The Balaban J connectivity index is 1.70. The lowest BCUT2D eigenvalue weighted by Crippen LogP contribution is -2.35. The molecule has 2 aromatic rings. The summed E-state index contributed by atoms with van der Waals surface area (Å²) in [5.74, 6) is 1.80. The number of benzene rings is 1. The molecule has 1 saturated heterocycles. The summed E-state index contributed by atoms with van der Waals surface area (Å²) in [4.78, 5) is 23.3. The number of amides is 1. The number of hydrogen-bond donors (Lipinski definition) is 1. The van der Waals surface area contributed by atoms with Crippen LogP contribution in [0.3, 0.4) is 0 Å². The van der Waals surface area contributed by atoms with E-state index in [4.69, 9.17) is 4.74 Å². The van der Waals surface area contributed by atoms with Crippen molar-refractivity contribution in [3.63, 3.8) is 0 Å². The van der Waals surface area contributed by atoms with Gasteiger partial charge in [-0.2, -0.15) is 0 Å². The van der Waals surface area contributed by atoms with Gasteiger partial charge >= 0.3 is 0 Å². The molecule has 0 radical (unpaired) electrons. The van der Waals surface area contributed by atoms with E-state index in [-0.39, 0.29) is 11.6 Å². The highest BCUT2D eigenvalue weighted by Crippen LogP contribution is 2.24. The van der Waals surface area contributed by atoms with Crippen molar-refractivity contribution in [2.24, 2.45) is 5.92 Å². The quantitative estimate of drug-likeness (QED) is 0.935. The Hall–Kier alpha value is -2.63. The summed E-state index contributed by atoms with van der Waals surface area (Å²) >= 11 is 0. The highest BCUT2D eigenvalue weighted by molar-refractivity contribution is 6.03. The molecule has 1 N–H and O–H groups in total. The van der Waals surface area contributed by atoms with Crippen molar-refractivity contribution in [2.75, 3.05) is 30.4 Å². The first-order valence-electron chi connectivity index (χ1n) is 8.18. The first-order chi connectivity index (χ1) is 11.7. The van der Waals surface area contributed by atoms with Crippen LogP contribution in [0.2, 0.25) is 0 Å². The molecule has 6 nitrogen and oxygen atoms in total. The fourth-order valence-corrected chi connectivity index (χ4v) is 2.93. The number of aromatic nitrogens is 2. The summed E-state index contributed by atoms with van der Waals surface area (Å²) in [5, 5.41) is 2.80. The fourth-order valence-electron chi connectivity index (χ4n) is 2.93. The number of piperidine rings is 1. The van der Waals surface area contributed by atoms with Gasteiger partial charge in [-0.1, -0.05) is 19.1 Å². The third-order valence-electron chi connectivity index (χ3n) is 4.21. The van der Waals surface area contributed by atoms with Crippen molar-refractivity contribution in [1.29, 1.82) is 0 Å². The summed E-state index contributed by atoms with van der Waals surface area (Å²) in [5.41, 5.74) is 0.899. The zero-order chi connectivity index (χ0) is 16.9. The Kier molecular flexibility index (Phi) is 4.93. The summed E-state index contributed by atoms with van der Waals surface area (Å²) in [6.45, 7) is 4.22. The van der Waals surface area contributed by atoms with Gasteiger partial charge < -0.3 is 15.0 Å². The molecule has 0 saturated carbocycles. The van der Waals surface area contributed by atoms with E-state index in [2.05, 4.69) is 27.1 Å².